The fourth-order valence-corrected chi connectivity index (χ4v) is 2.98. The van der Waals surface area contributed by atoms with Crippen molar-refractivity contribution in [2.24, 2.45) is 0 Å². The SMILES string of the molecule is CN(CCc1ccncc1)C(=O)c1cc(NC2CCCC2)ncn1. The molecule has 0 bridgehead atoms. The summed E-state index contributed by atoms with van der Waals surface area (Å²) >= 11 is 0. The van der Waals surface area contributed by atoms with E-state index in [1.165, 1.54) is 32.0 Å². The van der Waals surface area contributed by atoms with Crippen LogP contribution in [0.4, 0.5) is 5.82 Å². The molecule has 6 nitrogen and oxygen atoms in total. The van der Waals surface area contributed by atoms with Gasteiger partial charge >= 0.3 is 0 Å². The highest BCUT2D eigenvalue weighted by Crippen LogP contribution is 2.21. The van der Waals surface area contributed by atoms with E-state index in [9.17, 15) is 4.79 Å². The minimum atomic E-state index is -0.0825. The predicted octanol–water partition coefficient (Wildman–Crippen LogP) is 2.54. The molecule has 2 aromatic heterocycles. The Morgan fingerprint density at radius 2 is 2.00 bits per heavy atom. The molecule has 1 aliphatic carbocycles. The van der Waals surface area contributed by atoms with E-state index in [0.29, 0.717) is 18.3 Å². The number of nitrogens with zero attached hydrogens (tertiary/aromatic N) is 4. The highest BCUT2D eigenvalue weighted by molar-refractivity contribution is 5.92. The highest BCUT2D eigenvalue weighted by atomic mass is 16.2. The molecule has 3 rings (SSSR count). The molecule has 0 saturated heterocycles. The smallest absolute Gasteiger partial charge is 0.272 e. The molecule has 0 spiro atoms. The number of carbonyl (C=O) groups is 1. The molecule has 1 aliphatic rings. The van der Waals surface area contributed by atoms with Crippen LogP contribution in [0, 0.1) is 0 Å². The van der Waals surface area contributed by atoms with Crippen molar-refractivity contribution < 1.29 is 4.79 Å². The topological polar surface area (TPSA) is 71.0 Å². The van der Waals surface area contributed by atoms with Crippen molar-refractivity contribution in [2.75, 3.05) is 18.9 Å². The number of aromatic nitrogens is 3. The number of anilines is 1. The fourth-order valence-electron chi connectivity index (χ4n) is 2.98. The monoisotopic (exact) mass is 325 g/mol. The Hall–Kier alpha value is -2.50. The molecule has 126 valence electrons. The zero-order valence-corrected chi connectivity index (χ0v) is 14.0. The summed E-state index contributed by atoms with van der Waals surface area (Å²) in [7, 11) is 1.80. The van der Waals surface area contributed by atoms with Gasteiger partial charge in [-0.05, 0) is 37.0 Å². The van der Waals surface area contributed by atoms with Crippen molar-refractivity contribution in [3.63, 3.8) is 0 Å². The molecular formula is C18H23N5O. The lowest BCUT2D eigenvalue weighted by Gasteiger charge is -2.17. The van der Waals surface area contributed by atoms with Gasteiger partial charge in [0.2, 0.25) is 0 Å². The van der Waals surface area contributed by atoms with Gasteiger partial charge in [-0.1, -0.05) is 12.8 Å². The van der Waals surface area contributed by atoms with Gasteiger partial charge in [-0.25, -0.2) is 9.97 Å². The highest BCUT2D eigenvalue weighted by Gasteiger charge is 2.17. The van der Waals surface area contributed by atoms with E-state index < -0.39 is 0 Å². The standard InChI is InChI=1S/C18H23N5O/c1-23(11-8-14-6-9-19-10-7-14)18(24)16-12-17(21-13-20-16)22-15-4-2-3-5-15/h6-7,9-10,12-13,15H,2-5,8,11H2,1H3,(H,20,21,22). The number of amides is 1. The van der Waals surface area contributed by atoms with Gasteiger partial charge in [0, 0.05) is 38.1 Å². The second-order valence-corrected chi connectivity index (χ2v) is 6.25. The number of likely N-dealkylation sites (N-methyl/N-ethyl adjacent to an activating group) is 1. The van der Waals surface area contributed by atoms with Crippen LogP contribution in [0.3, 0.4) is 0 Å². The van der Waals surface area contributed by atoms with Gasteiger partial charge in [0.1, 0.15) is 17.8 Å². The lowest BCUT2D eigenvalue weighted by molar-refractivity contribution is 0.0790. The van der Waals surface area contributed by atoms with Crippen LogP contribution in [-0.4, -0.2) is 45.4 Å². The van der Waals surface area contributed by atoms with Gasteiger partial charge in [0.05, 0.1) is 0 Å². The summed E-state index contributed by atoms with van der Waals surface area (Å²) in [6.45, 7) is 0.637. The van der Waals surface area contributed by atoms with E-state index in [2.05, 4.69) is 20.3 Å². The molecule has 6 heteroatoms. The van der Waals surface area contributed by atoms with Crippen LogP contribution in [-0.2, 0) is 6.42 Å². The number of hydrogen-bond donors (Lipinski definition) is 1. The van der Waals surface area contributed by atoms with Gasteiger partial charge in [-0.3, -0.25) is 9.78 Å². The number of rotatable bonds is 6. The third-order valence-corrected chi connectivity index (χ3v) is 4.43. The molecule has 0 unspecified atom stereocenters. The first-order chi connectivity index (χ1) is 11.7. The number of nitrogens with one attached hydrogen (secondary N) is 1. The summed E-state index contributed by atoms with van der Waals surface area (Å²) in [5, 5.41) is 3.40. The number of carbonyl (C=O) groups excluding carboxylic acids is 1. The zero-order valence-electron chi connectivity index (χ0n) is 14.0. The maximum absolute atomic E-state index is 12.6. The average Bonchev–Trinajstić information content (AvgIpc) is 3.13. The number of pyridine rings is 1. The number of hydrogen-bond acceptors (Lipinski definition) is 5. The third-order valence-electron chi connectivity index (χ3n) is 4.43. The zero-order chi connectivity index (χ0) is 16.8. The van der Waals surface area contributed by atoms with Crippen LogP contribution >= 0.6 is 0 Å². The summed E-state index contributed by atoms with van der Waals surface area (Å²) in [6.07, 6.45) is 10.6. The molecule has 1 N–H and O–H groups in total. The van der Waals surface area contributed by atoms with E-state index in [0.717, 1.165) is 17.8 Å². The first-order valence-corrected chi connectivity index (χ1v) is 8.45. The normalized spacial score (nSPS) is 14.5. The van der Waals surface area contributed by atoms with Crippen molar-refractivity contribution in [1.82, 2.24) is 19.9 Å². The first kappa shape index (κ1) is 16.4. The van der Waals surface area contributed by atoms with Crippen molar-refractivity contribution in [2.45, 2.75) is 38.1 Å². The lowest BCUT2D eigenvalue weighted by Crippen LogP contribution is -2.29. The van der Waals surface area contributed by atoms with Crippen LogP contribution in [0.5, 0.6) is 0 Å². The molecular weight excluding hydrogens is 302 g/mol. The Bertz CT molecular complexity index is 670. The molecule has 2 heterocycles. The summed E-state index contributed by atoms with van der Waals surface area (Å²) in [6, 6.07) is 6.15. The van der Waals surface area contributed by atoms with Crippen LogP contribution in [0.25, 0.3) is 0 Å². The minimum absolute atomic E-state index is 0.0825. The van der Waals surface area contributed by atoms with Crippen molar-refractivity contribution >= 4 is 11.7 Å². The van der Waals surface area contributed by atoms with E-state index in [1.54, 1.807) is 30.4 Å². The Morgan fingerprint density at radius 3 is 2.75 bits per heavy atom. The van der Waals surface area contributed by atoms with Crippen LogP contribution < -0.4 is 5.32 Å². The molecule has 1 amide bonds. The van der Waals surface area contributed by atoms with E-state index in [1.807, 2.05) is 12.1 Å². The Morgan fingerprint density at radius 1 is 1.25 bits per heavy atom. The van der Waals surface area contributed by atoms with Crippen molar-refractivity contribution in [3.8, 4) is 0 Å². The van der Waals surface area contributed by atoms with Gasteiger partial charge in [-0.15, -0.1) is 0 Å². The minimum Gasteiger partial charge on any atom is -0.367 e. The van der Waals surface area contributed by atoms with Gasteiger partial charge < -0.3 is 10.2 Å². The molecule has 0 aliphatic heterocycles. The Labute approximate surface area is 142 Å². The van der Waals surface area contributed by atoms with E-state index in [-0.39, 0.29) is 5.91 Å². The van der Waals surface area contributed by atoms with Crippen molar-refractivity contribution in [1.29, 1.82) is 0 Å². The predicted molar refractivity (Wildman–Crippen MR) is 92.8 cm³/mol. The molecule has 0 radical (unpaired) electrons. The fraction of sp³-hybridized carbons (Fsp3) is 0.444. The van der Waals surface area contributed by atoms with Gasteiger partial charge in [0.25, 0.3) is 5.91 Å². The summed E-state index contributed by atoms with van der Waals surface area (Å²) < 4.78 is 0. The van der Waals surface area contributed by atoms with Gasteiger partial charge in [0.15, 0.2) is 0 Å². The van der Waals surface area contributed by atoms with E-state index in [4.69, 9.17) is 0 Å². The Kier molecular flexibility index (Phi) is 5.36. The largest absolute Gasteiger partial charge is 0.367 e. The molecule has 1 saturated carbocycles. The van der Waals surface area contributed by atoms with Crippen LogP contribution in [0.15, 0.2) is 36.9 Å². The maximum Gasteiger partial charge on any atom is 0.272 e. The molecule has 0 aromatic carbocycles. The van der Waals surface area contributed by atoms with Crippen LogP contribution in [0.2, 0.25) is 0 Å². The van der Waals surface area contributed by atoms with Gasteiger partial charge in [-0.2, -0.15) is 0 Å². The first-order valence-electron chi connectivity index (χ1n) is 8.45. The van der Waals surface area contributed by atoms with Crippen LogP contribution in [0.1, 0.15) is 41.7 Å². The average molecular weight is 325 g/mol. The lowest BCUT2D eigenvalue weighted by atomic mass is 10.2. The molecule has 0 atom stereocenters. The molecule has 1 fully saturated rings. The third kappa shape index (κ3) is 4.28. The Balaban J connectivity index is 1.59. The van der Waals surface area contributed by atoms with Crippen molar-refractivity contribution in [3.05, 3.63) is 48.2 Å². The maximum atomic E-state index is 12.6. The summed E-state index contributed by atoms with van der Waals surface area (Å²) in [5.74, 6) is 0.656. The molecule has 2 aromatic rings. The second kappa shape index (κ2) is 7.86. The van der Waals surface area contributed by atoms with E-state index >= 15 is 0 Å². The summed E-state index contributed by atoms with van der Waals surface area (Å²) in [4.78, 5) is 26.6. The quantitative estimate of drug-likeness (QED) is 0.884. The summed E-state index contributed by atoms with van der Waals surface area (Å²) in [5.41, 5.74) is 1.60. The second-order valence-electron chi connectivity index (χ2n) is 6.25. The molecule has 24 heavy (non-hydrogen) atoms.